The van der Waals surface area contributed by atoms with Gasteiger partial charge in [0.15, 0.2) is 0 Å². The third kappa shape index (κ3) is 8.35. The van der Waals surface area contributed by atoms with Gasteiger partial charge < -0.3 is 14.4 Å². The molecule has 0 amide bonds. The van der Waals surface area contributed by atoms with Gasteiger partial charge in [-0.05, 0) is 114 Å². The molecule has 0 saturated carbocycles. The number of nitrogens with zero attached hydrogens (tertiary/aromatic N) is 3. The largest absolute Gasteiger partial charge is 0.310 e. The van der Waals surface area contributed by atoms with Gasteiger partial charge in [-0.25, -0.2) is 0 Å². The highest BCUT2D eigenvalue weighted by atomic mass is 15.2. The van der Waals surface area contributed by atoms with Gasteiger partial charge >= 0.3 is 0 Å². The fourth-order valence-corrected chi connectivity index (χ4v) is 12.6. The zero-order chi connectivity index (χ0) is 80.1. The van der Waals surface area contributed by atoms with Gasteiger partial charge in [0.25, 0.3) is 6.71 Å². The average Bonchev–Trinajstić information content (AvgIpc) is 0.709. The average molecular weight is 1120 g/mol. The SMILES string of the molecule is [2H]c1c([2H])c([2H])c(-c2c([2H])c([2H])c([2H])c(-c3c([2H])c([2H])c([2H])c([2H])c3[2H])c2N2c3cc(-n4c5ccccc5c5ccccc54)ccc3B3c4cc(-c5ccccc5)c(C(C)(C)C)cc4N(c4c(-c5c([2H])c([2H])c([2H])c([2H])c5[2H])c([2H])c([2H])c([2H])c4-c4c([2H])c([2H])c([2H])c([2H])c4[2H])c4cc(-c5ccccc5)cc2c43)c([2H])c1[2H]. The first-order chi connectivity index (χ1) is 53.1. The minimum absolute atomic E-state index is 0.00471. The molecule has 0 N–H and O–H groups in total. The summed E-state index contributed by atoms with van der Waals surface area (Å²) >= 11 is 0. The Hall–Kier alpha value is -10.7. The summed E-state index contributed by atoms with van der Waals surface area (Å²) in [5.41, 5.74) is -1.52. The molecule has 14 aromatic rings. The van der Waals surface area contributed by atoms with Crippen molar-refractivity contribution in [2.45, 2.75) is 26.2 Å². The topological polar surface area (TPSA) is 11.4 Å². The van der Waals surface area contributed by atoms with Crippen LogP contribution in [0.4, 0.5) is 34.1 Å². The Morgan fingerprint density at radius 2 is 0.744 bits per heavy atom. The van der Waals surface area contributed by atoms with Crippen molar-refractivity contribution in [1.82, 2.24) is 4.57 Å². The molecule has 0 fully saturated rings. The third-order valence-electron chi connectivity index (χ3n) is 16.2. The van der Waals surface area contributed by atoms with Gasteiger partial charge in [-0.3, -0.25) is 0 Å². The molecular formula is C82H60BN3. The number of hydrogen-bond donors (Lipinski definition) is 0. The second-order valence-electron chi connectivity index (χ2n) is 22.0. The van der Waals surface area contributed by atoms with E-state index < -0.39 is 225 Å². The molecule has 3 nitrogen and oxygen atoms in total. The number of rotatable bonds is 9. The molecular weight excluding hydrogens is 1040 g/mol. The summed E-state index contributed by atoms with van der Waals surface area (Å²) in [5.74, 6) is 0. The second-order valence-corrected chi connectivity index (χ2v) is 22.0. The predicted octanol–water partition coefficient (Wildman–Crippen LogP) is 20.2. The summed E-state index contributed by atoms with van der Waals surface area (Å²) in [4.78, 5) is 3.05. The quantitative estimate of drug-likeness (QED) is 0.133. The number of benzene rings is 13. The maximum absolute atomic E-state index is 10.4. The van der Waals surface area contributed by atoms with Crippen LogP contribution in [0.15, 0.2) is 309 Å². The molecule has 4 heteroatoms. The Balaban J connectivity index is 1.22. The lowest BCUT2D eigenvalue weighted by atomic mass is 9.33. The van der Waals surface area contributed by atoms with Crippen LogP contribution in [0.25, 0.3) is 94.3 Å². The zero-order valence-corrected chi connectivity index (χ0v) is 46.4. The van der Waals surface area contributed by atoms with Crippen LogP contribution in [-0.2, 0) is 5.41 Å². The molecule has 0 unspecified atom stereocenters. The van der Waals surface area contributed by atoms with Crippen LogP contribution in [0.5, 0.6) is 0 Å². The lowest BCUT2D eigenvalue weighted by molar-refractivity contribution is 0.592. The van der Waals surface area contributed by atoms with Gasteiger partial charge in [-0.15, -0.1) is 0 Å². The first kappa shape index (κ1) is 30.8. The molecule has 406 valence electrons. The molecule has 86 heavy (non-hydrogen) atoms. The van der Waals surface area contributed by atoms with Crippen LogP contribution < -0.4 is 26.2 Å². The molecule has 13 aromatic carbocycles. The van der Waals surface area contributed by atoms with Crippen molar-refractivity contribution in [3.05, 3.63) is 314 Å². The number of anilines is 6. The fourth-order valence-electron chi connectivity index (χ4n) is 12.6. The lowest BCUT2D eigenvalue weighted by Crippen LogP contribution is -2.61. The van der Waals surface area contributed by atoms with E-state index in [1.54, 1.807) is 48.5 Å². The van der Waals surface area contributed by atoms with Crippen molar-refractivity contribution >= 4 is 79.0 Å². The molecule has 0 aliphatic carbocycles. The smallest absolute Gasteiger partial charge is 0.252 e. The van der Waals surface area contributed by atoms with E-state index in [2.05, 4.69) is 0 Å². The summed E-state index contributed by atoms with van der Waals surface area (Å²) in [6.07, 6.45) is 0. The normalized spacial score (nSPS) is 16.8. The van der Waals surface area contributed by atoms with Gasteiger partial charge in [0, 0.05) is 61.5 Å². The summed E-state index contributed by atoms with van der Waals surface area (Å²) in [6, 6.07) is 22.8. The monoisotopic (exact) mass is 1120 g/mol. The molecule has 0 spiro atoms. The minimum atomic E-state index is -1.18. The van der Waals surface area contributed by atoms with Crippen LogP contribution in [0.3, 0.4) is 0 Å². The van der Waals surface area contributed by atoms with Crippen molar-refractivity contribution in [1.29, 1.82) is 0 Å². The minimum Gasteiger partial charge on any atom is -0.310 e. The molecule has 3 heterocycles. The standard InChI is InChI=1S/C82H60BN3/c1-82(2,3)70-54-76-72(53-69(70)60-38-20-9-21-39-60)83-71-49-48-62(84-73-46-24-22-40-67(73)68-41-23-25-47-74(68)84)52-75(71)85(80-63(56-30-12-5-13-31-56)42-26-43-64(80)57-32-14-6-15-33-57)77-50-61(55-28-10-4-11-29-55)51-78(79(77)83)86(76)81-65(58-34-16-7-17-35-58)44-27-45-66(81)59-36-18-8-19-37-59/h4-54H,1-3H3/i5D,6D,7D,8D,12D,13D,14D,15D,16D,17D,18D,19D,26D,27D,30D,31D,32D,33D,34D,35D,36D,37D,42D,43D,44D,45D. The van der Waals surface area contributed by atoms with Crippen LogP contribution in [0.2, 0.25) is 0 Å². The fraction of sp³-hybridized carbons (Fsp3) is 0.0488. The van der Waals surface area contributed by atoms with Gasteiger partial charge in [0.1, 0.15) is 0 Å². The van der Waals surface area contributed by atoms with Gasteiger partial charge in [0.05, 0.1) is 58.0 Å². The highest BCUT2D eigenvalue weighted by Gasteiger charge is 2.46. The number of aromatic nitrogens is 1. The molecule has 16 rings (SSSR count). The first-order valence-corrected chi connectivity index (χ1v) is 27.9. The van der Waals surface area contributed by atoms with Crippen LogP contribution in [0.1, 0.15) is 62.0 Å². The second kappa shape index (κ2) is 20.6. The van der Waals surface area contributed by atoms with Crippen molar-refractivity contribution in [2.24, 2.45) is 0 Å². The van der Waals surface area contributed by atoms with Crippen LogP contribution >= 0.6 is 0 Å². The molecule has 0 radical (unpaired) electrons. The Morgan fingerprint density at radius 1 is 0.326 bits per heavy atom. The number of fused-ring (bicyclic) bond motifs is 7. The summed E-state index contributed by atoms with van der Waals surface area (Å²) < 4.78 is 252. The van der Waals surface area contributed by atoms with Gasteiger partial charge in [-0.1, -0.05) is 287 Å². The Kier molecular flexibility index (Phi) is 7.36. The van der Waals surface area contributed by atoms with E-state index in [1.165, 1.54) is 9.80 Å². The summed E-state index contributed by atoms with van der Waals surface area (Å²) in [7, 11) is 0. The highest BCUT2D eigenvalue weighted by Crippen LogP contribution is 2.55. The highest BCUT2D eigenvalue weighted by molar-refractivity contribution is 7.00. The summed E-state index contributed by atoms with van der Waals surface area (Å²) in [6.45, 7) is 4.73. The van der Waals surface area contributed by atoms with Crippen molar-refractivity contribution in [3.63, 3.8) is 0 Å². The van der Waals surface area contributed by atoms with E-state index in [4.69, 9.17) is 5.48 Å². The molecule has 1 aromatic heterocycles. The molecule has 0 atom stereocenters. The van der Waals surface area contributed by atoms with E-state index in [-0.39, 0.29) is 33.8 Å². The predicted molar refractivity (Wildman–Crippen MR) is 366 cm³/mol. The van der Waals surface area contributed by atoms with E-state index in [0.29, 0.717) is 49.9 Å². The van der Waals surface area contributed by atoms with Gasteiger partial charge in [-0.2, -0.15) is 0 Å². The zero-order valence-electron chi connectivity index (χ0n) is 72.4. The van der Waals surface area contributed by atoms with Crippen molar-refractivity contribution in [3.8, 4) is 72.4 Å². The van der Waals surface area contributed by atoms with Crippen LogP contribution in [-0.4, -0.2) is 11.3 Å². The van der Waals surface area contributed by atoms with E-state index in [0.717, 1.165) is 10.8 Å². The number of hydrogen-bond acceptors (Lipinski definition) is 2. The molecule has 0 bridgehead atoms. The van der Waals surface area contributed by atoms with Crippen molar-refractivity contribution in [2.75, 3.05) is 9.80 Å². The van der Waals surface area contributed by atoms with Crippen molar-refractivity contribution < 1.29 is 35.6 Å². The molecule has 2 aliphatic heterocycles. The maximum Gasteiger partial charge on any atom is 0.252 e. The van der Waals surface area contributed by atoms with Gasteiger partial charge in [0.2, 0.25) is 0 Å². The number of para-hydroxylation sites is 4. The lowest BCUT2D eigenvalue weighted by Gasteiger charge is -2.46. The van der Waals surface area contributed by atoms with E-state index in [1.807, 2.05) is 128 Å². The Labute approximate surface area is 540 Å². The maximum atomic E-state index is 10.4. The summed E-state index contributed by atoms with van der Waals surface area (Å²) in [5, 5.41) is 1.68. The first-order valence-electron chi connectivity index (χ1n) is 40.9. The molecule has 2 aliphatic rings. The van der Waals surface area contributed by atoms with Crippen LogP contribution in [0, 0.1) is 0 Å². The molecule has 0 saturated heterocycles. The third-order valence-corrected chi connectivity index (χ3v) is 16.2. The van der Waals surface area contributed by atoms with E-state index >= 15 is 0 Å². The van der Waals surface area contributed by atoms with E-state index in [9.17, 15) is 30.2 Å². The Bertz CT molecular complexity index is 6170. The Morgan fingerprint density at radius 3 is 1.20 bits per heavy atom.